The van der Waals surface area contributed by atoms with Crippen molar-refractivity contribution in [1.29, 1.82) is 0 Å². The van der Waals surface area contributed by atoms with Crippen LogP contribution in [-0.4, -0.2) is 55.5 Å². The summed E-state index contributed by atoms with van der Waals surface area (Å²) in [5.74, 6) is 0.801. The van der Waals surface area contributed by atoms with Crippen LogP contribution in [0, 0.1) is 0 Å². The average Bonchev–Trinajstić information content (AvgIpc) is 2.91. The van der Waals surface area contributed by atoms with Crippen LogP contribution in [0.5, 0.6) is 5.75 Å². The SMILES string of the molecule is COc1cccc(CC(=O)N2CCN(CC(OCc3ccc(C(F)(F)F)cc3)c3ccc(Cl)cc3)CC2)c1. The van der Waals surface area contributed by atoms with Gasteiger partial charge >= 0.3 is 6.18 Å². The monoisotopic (exact) mass is 546 g/mol. The van der Waals surface area contributed by atoms with Crippen molar-refractivity contribution in [2.45, 2.75) is 25.3 Å². The van der Waals surface area contributed by atoms with E-state index in [4.69, 9.17) is 21.1 Å². The molecule has 1 amide bonds. The number of amides is 1. The minimum Gasteiger partial charge on any atom is -0.497 e. The highest BCUT2D eigenvalue weighted by Gasteiger charge is 2.30. The van der Waals surface area contributed by atoms with Crippen molar-refractivity contribution in [2.24, 2.45) is 0 Å². The highest BCUT2D eigenvalue weighted by molar-refractivity contribution is 6.30. The molecule has 5 nitrogen and oxygen atoms in total. The Morgan fingerprint density at radius 3 is 2.26 bits per heavy atom. The number of benzene rings is 3. The fraction of sp³-hybridized carbons (Fsp3) is 0.345. The molecule has 3 aromatic rings. The fourth-order valence-corrected chi connectivity index (χ4v) is 4.53. The molecule has 1 fully saturated rings. The summed E-state index contributed by atoms with van der Waals surface area (Å²) in [6.07, 6.45) is -4.36. The molecule has 1 saturated heterocycles. The number of halogens is 4. The van der Waals surface area contributed by atoms with Gasteiger partial charge in [0.15, 0.2) is 0 Å². The number of carbonyl (C=O) groups excluding carboxylic acids is 1. The standard InChI is InChI=1S/C29H30ClF3N2O3/c1-37-26-4-2-3-22(17-26)18-28(36)35-15-13-34(14-16-35)19-27(23-7-11-25(30)12-8-23)38-20-21-5-9-24(10-6-21)29(31,32)33/h2-12,17,27H,13-16,18-20H2,1H3. The summed E-state index contributed by atoms with van der Waals surface area (Å²) in [6, 6.07) is 19.9. The minimum atomic E-state index is -4.37. The zero-order chi connectivity index (χ0) is 27.1. The molecule has 0 aliphatic carbocycles. The summed E-state index contributed by atoms with van der Waals surface area (Å²) in [4.78, 5) is 17.0. The van der Waals surface area contributed by atoms with Gasteiger partial charge in [-0.1, -0.05) is 48.0 Å². The van der Waals surface area contributed by atoms with Gasteiger partial charge in [-0.3, -0.25) is 9.69 Å². The summed E-state index contributed by atoms with van der Waals surface area (Å²) in [5.41, 5.74) is 1.81. The Morgan fingerprint density at radius 2 is 1.63 bits per heavy atom. The quantitative estimate of drug-likeness (QED) is 0.329. The maximum atomic E-state index is 12.9. The smallest absolute Gasteiger partial charge is 0.416 e. The molecule has 0 N–H and O–H groups in total. The number of rotatable bonds is 9. The summed E-state index contributed by atoms with van der Waals surface area (Å²) in [5, 5.41) is 0.610. The maximum Gasteiger partial charge on any atom is 0.416 e. The topological polar surface area (TPSA) is 42.0 Å². The van der Waals surface area contributed by atoms with E-state index in [0.29, 0.717) is 49.7 Å². The first kappa shape index (κ1) is 28.0. The predicted octanol–water partition coefficient (Wildman–Crippen LogP) is 6.01. The average molecular weight is 547 g/mol. The van der Waals surface area contributed by atoms with Crippen molar-refractivity contribution in [3.63, 3.8) is 0 Å². The van der Waals surface area contributed by atoms with E-state index >= 15 is 0 Å². The molecule has 1 heterocycles. The van der Waals surface area contributed by atoms with E-state index in [-0.39, 0.29) is 18.6 Å². The second-order valence-corrected chi connectivity index (χ2v) is 9.69. The first-order valence-corrected chi connectivity index (χ1v) is 12.8. The zero-order valence-corrected chi connectivity index (χ0v) is 21.8. The summed E-state index contributed by atoms with van der Waals surface area (Å²) in [7, 11) is 1.60. The highest BCUT2D eigenvalue weighted by atomic mass is 35.5. The molecule has 4 rings (SSSR count). The zero-order valence-electron chi connectivity index (χ0n) is 21.1. The van der Waals surface area contributed by atoms with E-state index in [2.05, 4.69) is 4.90 Å². The molecule has 9 heteroatoms. The lowest BCUT2D eigenvalue weighted by Gasteiger charge is -2.36. The van der Waals surface area contributed by atoms with Gasteiger partial charge in [-0.25, -0.2) is 0 Å². The third-order valence-corrected chi connectivity index (χ3v) is 6.86. The van der Waals surface area contributed by atoms with Gasteiger partial charge in [0.05, 0.1) is 31.8 Å². The third-order valence-electron chi connectivity index (χ3n) is 6.61. The Morgan fingerprint density at radius 1 is 0.947 bits per heavy atom. The Balaban J connectivity index is 1.35. The van der Waals surface area contributed by atoms with Crippen LogP contribution in [0.2, 0.25) is 5.02 Å². The molecule has 1 aliphatic rings. The van der Waals surface area contributed by atoms with Crippen molar-refractivity contribution >= 4 is 17.5 Å². The second kappa shape index (κ2) is 12.7. The van der Waals surface area contributed by atoms with Gasteiger partial charge in [-0.15, -0.1) is 0 Å². The molecular weight excluding hydrogens is 517 g/mol. The van der Waals surface area contributed by atoms with E-state index in [1.165, 1.54) is 12.1 Å². The number of methoxy groups -OCH3 is 1. The predicted molar refractivity (Wildman–Crippen MR) is 140 cm³/mol. The molecule has 1 unspecified atom stereocenters. The number of ether oxygens (including phenoxy) is 2. The lowest BCUT2D eigenvalue weighted by atomic mass is 10.1. The van der Waals surface area contributed by atoms with Crippen LogP contribution in [0.1, 0.15) is 28.4 Å². The maximum absolute atomic E-state index is 12.9. The van der Waals surface area contributed by atoms with Gasteiger partial charge in [0, 0.05) is 37.7 Å². The van der Waals surface area contributed by atoms with Crippen molar-refractivity contribution in [2.75, 3.05) is 39.8 Å². The molecule has 202 valence electrons. The minimum absolute atomic E-state index is 0.0747. The Hall–Kier alpha value is -3.07. The molecule has 3 aromatic carbocycles. The van der Waals surface area contributed by atoms with E-state index in [1.807, 2.05) is 41.3 Å². The van der Waals surface area contributed by atoms with Crippen LogP contribution >= 0.6 is 11.6 Å². The van der Waals surface area contributed by atoms with E-state index in [1.54, 1.807) is 19.2 Å². The van der Waals surface area contributed by atoms with Crippen molar-refractivity contribution in [3.8, 4) is 5.75 Å². The van der Waals surface area contributed by atoms with Gasteiger partial charge in [0.25, 0.3) is 0 Å². The van der Waals surface area contributed by atoms with Crippen LogP contribution in [0.3, 0.4) is 0 Å². The fourth-order valence-electron chi connectivity index (χ4n) is 4.40. The molecule has 0 bridgehead atoms. The Bertz CT molecular complexity index is 1190. The lowest BCUT2D eigenvalue weighted by Crippen LogP contribution is -2.50. The van der Waals surface area contributed by atoms with E-state index in [0.717, 1.165) is 29.0 Å². The molecule has 38 heavy (non-hydrogen) atoms. The van der Waals surface area contributed by atoms with Crippen LogP contribution in [0.4, 0.5) is 13.2 Å². The van der Waals surface area contributed by atoms with Crippen molar-refractivity contribution in [1.82, 2.24) is 9.80 Å². The first-order chi connectivity index (χ1) is 18.2. The molecule has 0 spiro atoms. The molecule has 0 saturated carbocycles. The van der Waals surface area contributed by atoms with Crippen LogP contribution in [0.15, 0.2) is 72.8 Å². The third kappa shape index (κ3) is 7.72. The van der Waals surface area contributed by atoms with Crippen molar-refractivity contribution in [3.05, 3.63) is 100 Å². The summed E-state index contributed by atoms with van der Waals surface area (Å²) in [6.45, 7) is 3.35. The number of nitrogens with zero attached hydrogens (tertiary/aromatic N) is 2. The van der Waals surface area contributed by atoms with E-state index < -0.39 is 11.7 Å². The largest absolute Gasteiger partial charge is 0.497 e. The Labute approximate surface area is 225 Å². The van der Waals surface area contributed by atoms with Gasteiger partial charge in [0.2, 0.25) is 5.91 Å². The first-order valence-electron chi connectivity index (χ1n) is 12.4. The van der Waals surface area contributed by atoms with Crippen molar-refractivity contribution < 1.29 is 27.4 Å². The number of hydrogen-bond donors (Lipinski definition) is 0. The number of alkyl halides is 3. The van der Waals surface area contributed by atoms with Gasteiger partial charge < -0.3 is 14.4 Å². The highest BCUT2D eigenvalue weighted by Crippen LogP contribution is 2.30. The van der Waals surface area contributed by atoms with Crippen LogP contribution < -0.4 is 4.74 Å². The number of carbonyl (C=O) groups is 1. The number of piperazine rings is 1. The van der Waals surface area contributed by atoms with Gasteiger partial charge in [-0.05, 0) is 53.1 Å². The second-order valence-electron chi connectivity index (χ2n) is 9.26. The molecule has 1 atom stereocenters. The van der Waals surface area contributed by atoms with Crippen LogP contribution in [-0.2, 0) is 28.7 Å². The number of hydrogen-bond acceptors (Lipinski definition) is 4. The van der Waals surface area contributed by atoms with Crippen LogP contribution in [0.25, 0.3) is 0 Å². The van der Waals surface area contributed by atoms with E-state index in [9.17, 15) is 18.0 Å². The Kier molecular flexibility index (Phi) is 9.31. The molecule has 0 aromatic heterocycles. The van der Waals surface area contributed by atoms with Gasteiger partial charge in [0.1, 0.15) is 5.75 Å². The molecule has 0 radical (unpaired) electrons. The summed E-state index contributed by atoms with van der Waals surface area (Å²) < 4.78 is 50.1. The summed E-state index contributed by atoms with van der Waals surface area (Å²) >= 11 is 6.07. The van der Waals surface area contributed by atoms with Gasteiger partial charge in [-0.2, -0.15) is 13.2 Å². The normalized spacial score (nSPS) is 15.3. The molecular formula is C29H30ClF3N2O3. The molecule has 1 aliphatic heterocycles. The lowest BCUT2D eigenvalue weighted by molar-refractivity contribution is -0.137.